The van der Waals surface area contributed by atoms with Gasteiger partial charge in [-0.15, -0.1) is 0 Å². The molecule has 3 rings (SSSR count). The molecule has 1 saturated heterocycles. The highest BCUT2D eigenvalue weighted by Crippen LogP contribution is 2.45. The lowest BCUT2D eigenvalue weighted by atomic mass is 9.97. The summed E-state index contributed by atoms with van der Waals surface area (Å²) in [5, 5.41) is 0. The number of anilines is 1. The molecule has 1 aromatic carbocycles. The minimum Gasteiger partial charge on any atom is -0.367 e. The van der Waals surface area contributed by atoms with Crippen molar-refractivity contribution in [1.29, 1.82) is 0 Å². The van der Waals surface area contributed by atoms with Crippen molar-refractivity contribution in [2.75, 3.05) is 11.4 Å². The zero-order valence-corrected chi connectivity index (χ0v) is 9.87. The van der Waals surface area contributed by atoms with Gasteiger partial charge >= 0.3 is 6.18 Å². The predicted octanol–water partition coefficient (Wildman–Crippen LogP) is 2.56. The van der Waals surface area contributed by atoms with Gasteiger partial charge in [0, 0.05) is 18.6 Å². The number of nitrogens with zero attached hydrogens (tertiary/aromatic N) is 1. The van der Waals surface area contributed by atoms with E-state index in [4.69, 9.17) is 5.73 Å². The van der Waals surface area contributed by atoms with Crippen molar-refractivity contribution in [2.45, 2.75) is 37.5 Å². The number of nitrogens with two attached hydrogens (primary N) is 1. The van der Waals surface area contributed by atoms with Crippen molar-refractivity contribution < 1.29 is 13.2 Å². The number of hydrogen-bond acceptors (Lipinski definition) is 2. The summed E-state index contributed by atoms with van der Waals surface area (Å²) >= 11 is 0. The molecule has 0 aromatic heterocycles. The van der Waals surface area contributed by atoms with Crippen LogP contribution < -0.4 is 10.6 Å². The first-order valence-electron chi connectivity index (χ1n) is 6.18. The minimum absolute atomic E-state index is 0.120. The quantitative estimate of drug-likeness (QED) is 0.773. The van der Waals surface area contributed by atoms with Crippen LogP contribution in [0.25, 0.3) is 0 Å². The molecule has 0 bridgehead atoms. The number of para-hydroxylation sites is 1. The second-order valence-corrected chi connectivity index (χ2v) is 5.15. The predicted molar refractivity (Wildman–Crippen MR) is 63.5 cm³/mol. The first kappa shape index (κ1) is 11.8. The van der Waals surface area contributed by atoms with Crippen molar-refractivity contribution in [3.63, 3.8) is 0 Å². The van der Waals surface area contributed by atoms with Crippen molar-refractivity contribution >= 4 is 5.69 Å². The van der Waals surface area contributed by atoms with Crippen molar-refractivity contribution in [3.05, 3.63) is 29.3 Å². The van der Waals surface area contributed by atoms with Crippen LogP contribution >= 0.6 is 0 Å². The van der Waals surface area contributed by atoms with Crippen LogP contribution in [0.2, 0.25) is 0 Å². The maximum absolute atomic E-state index is 13.0. The zero-order chi connectivity index (χ0) is 12.9. The highest BCUT2D eigenvalue weighted by Gasteiger charge is 2.42. The van der Waals surface area contributed by atoms with Crippen LogP contribution in [-0.4, -0.2) is 18.6 Å². The SMILES string of the molecule is NC1CCN2c3c(cccc3C(F)(F)F)CC2C1. The maximum atomic E-state index is 13.0. The van der Waals surface area contributed by atoms with E-state index in [2.05, 4.69) is 0 Å². The lowest BCUT2D eigenvalue weighted by Crippen LogP contribution is -2.45. The fourth-order valence-electron chi connectivity index (χ4n) is 3.15. The molecule has 2 unspecified atom stereocenters. The molecule has 0 spiro atoms. The van der Waals surface area contributed by atoms with Gasteiger partial charge in [0.1, 0.15) is 0 Å². The summed E-state index contributed by atoms with van der Waals surface area (Å²) in [6.45, 7) is 0.631. The van der Waals surface area contributed by atoms with E-state index in [-0.39, 0.29) is 12.1 Å². The van der Waals surface area contributed by atoms with E-state index in [0.717, 1.165) is 18.4 Å². The van der Waals surface area contributed by atoms with E-state index in [0.29, 0.717) is 18.7 Å². The van der Waals surface area contributed by atoms with Gasteiger partial charge in [-0.05, 0) is 30.9 Å². The number of fused-ring (bicyclic) bond motifs is 3. The molecule has 0 amide bonds. The third-order valence-electron chi connectivity index (χ3n) is 3.92. The number of hydrogen-bond donors (Lipinski definition) is 1. The maximum Gasteiger partial charge on any atom is 0.418 e. The highest BCUT2D eigenvalue weighted by atomic mass is 19.4. The van der Waals surface area contributed by atoms with Gasteiger partial charge in [-0.3, -0.25) is 0 Å². The Kier molecular flexibility index (Phi) is 2.55. The van der Waals surface area contributed by atoms with Crippen molar-refractivity contribution in [1.82, 2.24) is 0 Å². The largest absolute Gasteiger partial charge is 0.418 e. The lowest BCUT2D eigenvalue weighted by Gasteiger charge is -2.36. The van der Waals surface area contributed by atoms with Crippen LogP contribution in [0.4, 0.5) is 18.9 Å². The Balaban J connectivity index is 2.04. The third kappa shape index (κ3) is 1.77. The molecule has 2 atom stereocenters. The van der Waals surface area contributed by atoms with Crippen LogP contribution in [0, 0.1) is 0 Å². The number of halogens is 3. The molecular weight excluding hydrogens is 241 g/mol. The van der Waals surface area contributed by atoms with E-state index in [1.54, 1.807) is 6.07 Å². The lowest BCUT2D eigenvalue weighted by molar-refractivity contribution is -0.137. The van der Waals surface area contributed by atoms with Crippen LogP contribution in [0.15, 0.2) is 18.2 Å². The summed E-state index contributed by atoms with van der Waals surface area (Å²) in [5.74, 6) is 0. The molecule has 2 nitrogen and oxygen atoms in total. The molecule has 2 heterocycles. The Bertz CT molecular complexity index is 470. The summed E-state index contributed by atoms with van der Waals surface area (Å²) < 4.78 is 39.1. The van der Waals surface area contributed by atoms with E-state index in [1.807, 2.05) is 4.90 Å². The average molecular weight is 256 g/mol. The number of benzene rings is 1. The summed E-state index contributed by atoms with van der Waals surface area (Å²) in [6, 6.07) is 4.74. The van der Waals surface area contributed by atoms with Gasteiger partial charge < -0.3 is 10.6 Å². The topological polar surface area (TPSA) is 29.3 Å². The summed E-state index contributed by atoms with van der Waals surface area (Å²) in [5.41, 5.74) is 6.60. The number of alkyl halides is 3. The van der Waals surface area contributed by atoms with Gasteiger partial charge in [-0.25, -0.2) is 0 Å². The fraction of sp³-hybridized carbons (Fsp3) is 0.538. The zero-order valence-electron chi connectivity index (χ0n) is 9.87. The van der Waals surface area contributed by atoms with E-state index in [1.165, 1.54) is 12.1 Å². The van der Waals surface area contributed by atoms with Gasteiger partial charge in [-0.1, -0.05) is 12.1 Å². The molecule has 18 heavy (non-hydrogen) atoms. The average Bonchev–Trinajstić information content (AvgIpc) is 2.64. The first-order valence-corrected chi connectivity index (χ1v) is 6.18. The van der Waals surface area contributed by atoms with Crippen LogP contribution in [0.3, 0.4) is 0 Å². The number of rotatable bonds is 0. The Labute approximate surface area is 104 Å². The van der Waals surface area contributed by atoms with Gasteiger partial charge in [0.05, 0.1) is 11.3 Å². The second-order valence-electron chi connectivity index (χ2n) is 5.15. The Morgan fingerprint density at radius 2 is 2.06 bits per heavy atom. The van der Waals surface area contributed by atoms with E-state index >= 15 is 0 Å². The molecular formula is C13H15F3N2. The molecule has 5 heteroatoms. The fourth-order valence-corrected chi connectivity index (χ4v) is 3.15. The van der Waals surface area contributed by atoms with Crippen LogP contribution in [0.1, 0.15) is 24.0 Å². The minimum atomic E-state index is -4.28. The summed E-state index contributed by atoms with van der Waals surface area (Å²) in [6.07, 6.45) is -2.04. The standard InChI is InChI=1S/C13H15F3N2/c14-13(15,16)11-3-1-2-8-6-10-7-9(17)4-5-18(10)12(8)11/h1-3,9-10H,4-7,17H2. The van der Waals surface area contributed by atoms with Gasteiger partial charge in [0.15, 0.2) is 0 Å². The van der Waals surface area contributed by atoms with Gasteiger partial charge in [0.2, 0.25) is 0 Å². The Morgan fingerprint density at radius 3 is 2.78 bits per heavy atom. The molecule has 0 saturated carbocycles. The van der Waals surface area contributed by atoms with E-state index < -0.39 is 11.7 Å². The van der Waals surface area contributed by atoms with Gasteiger partial charge in [-0.2, -0.15) is 13.2 Å². The molecule has 0 aliphatic carbocycles. The number of piperidine rings is 1. The summed E-state index contributed by atoms with van der Waals surface area (Å²) in [7, 11) is 0. The molecule has 0 radical (unpaired) electrons. The molecule has 1 aromatic rings. The molecule has 2 N–H and O–H groups in total. The monoisotopic (exact) mass is 256 g/mol. The normalized spacial score (nSPS) is 27.0. The highest BCUT2D eigenvalue weighted by molar-refractivity contribution is 5.66. The van der Waals surface area contributed by atoms with Crippen LogP contribution in [-0.2, 0) is 12.6 Å². The Hall–Kier alpha value is -1.23. The van der Waals surface area contributed by atoms with Crippen molar-refractivity contribution in [2.24, 2.45) is 5.73 Å². The van der Waals surface area contributed by atoms with Crippen LogP contribution in [0.5, 0.6) is 0 Å². The molecule has 2 aliphatic rings. The molecule has 2 aliphatic heterocycles. The first-order chi connectivity index (χ1) is 8.47. The Morgan fingerprint density at radius 1 is 1.28 bits per heavy atom. The smallest absolute Gasteiger partial charge is 0.367 e. The van der Waals surface area contributed by atoms with Crippen molar-refractivity contribution in [3.8, 4) is 0 Å². The molecule has 1 fully saturated rings. The second kappa shape index (κ2) is 3.88. The summed E-state index contributed by atoms with van der Waals surface area (Å²) in [4.78, 5) is 1.90. The third-order valence-corrected chi connectivity index (χ3v) is 3.92. The van der Waals surface area contributed by atoms with E-state index in [9.17, 15) is 13.2 Å². The molecule has 98 valence electrons. The van der Waals surface area contributed by atoms with Gasteiger partial charge in [0.25, 0.3) is 0 Å².